The highest BCUT2D eigenvalue weighted by Gasteiger charge is 2.21. The molecular weight excluding hydrogens is 200 g/mol. The lowest BCUT2D eigenvalue weighted by Crippen LogP contribution is -2.56. The van der Waals surface area contributed by atoms with Crippen molar-refractivity contribution >= 4 is 8.24 Å². The van der Waals surface area contributed by atoms with E-state index in [4.69, 9.17) is 0 Å². The van der Waals surface area contributed by atoms with E-state index in [1.807, 2.05) is 6.08 Å². The van der Waals surface area contributed by atoms with Gasteiger partial charge >= 0.3 is 0 Å². The minimum Gasteiger partial charge on any atom is -0.449 e. The minimum absolute atomic E-state index is 1.15. The predicted molar refractivity (Wildman–Crippen MR) is 70.7 cm³/mol. The molecule has 1 saturated heterocycles. The molecule has 1 fully saturated rings. The zero-order valence-electron chi connectivity index (χ0n) is 10.4. The Morgan fingerprint density at radius 2 is 1.80 bits per heavy atom. The molecular formula is C12H24N2Si-. The van der Waals surface area contributed by atoms with Crippen molar-refractivity contribution in [3.05, 3.63) is 24.8 Å². The van der Waals surface area contributed by atoms with Crippen molar-refractivity contribution in [2.75, 3.05) is 33.2 Å². The number of piperazine rings is 1. The van der Waals surface area contributed by atoms with E-state index in [1.165, 1.54) is 31.8 Å². The van der Waals surface area contributed by atoms with Gasteiger partial charge in [-0.2, -0.15) is 13.1 Å². The van der Waals surface area contributed by atoms with Crippen LogP contribution in [0.15, 0.2) is 24.8 Å². The molecule has 0 amide bonds. The van der Waals surface area contributed by atoms with Gasteiger partial charge in [-0.05, 0) is 20.1 Å². The van der Waals surface area contributed by atoms with Gasteiger partial charge in [-0.1, -0.05) is 33.0 Å². The SMILES string of the molecule is C=CC(=C)C[Si-](C)(C)N1CCN(C)CC1. The summed E-state index contributed by atoms with van der Waals surface area (Å²) in [5.74, 6) is 0. The first-order valence-electron chi connectivity index (χ1n) is 5.69. The quantitative estimate of drug-likeness (QED) is 0.533. The smallest absolute Gasteiger partial charge is 0.00768 e. The summed E-state index contributed by atoms with van der Waals surface area (Å²) in [5.41, 5.74) is 1.20. The summed E-state index contributed by atoms with van der Waals surface area (Å²) in [6.45, 7) is 17.6. The number of rotatable bonds is 4. The van der Waals surface area contributed by atoms with Gasteiger partial charge in [0.05, 0.1) is 0 Å². The van der Waals surface area contributed by atoms with Gasteiger partial charge in [0.15, 0.2) is 0 Å². The molecule has 15 heavy (non-hydrogen) atoms. The summed E-state index contributed by atoms with van der Waals surface area (Å²) < 4.78 is 2.70. The van der Waals surface area contributed by atoms with Gasteiger partial charge in [0.25, 0.3) is 0 Å². The highest BCUT2D eigenvalue weighted by atomic mass is 28.3. The predicted octanol–water partition coefficient (Wildman–Crippen LogP) is 2.18. The molecule has 0 unspecified atom stereocenters. The molecule has 1 aliphatic heterocycles. The van der Waals surface area contributed by atoms with E-state index < -0.39 is 8.24 Å². The lowest BCUT2D eigenvalue weighted by molar-refractivity contribution is 0.217. The van der Waals surface area contributed by atoms with E-state index in [-0.39, 0.29) is 0 Å². The third kappa shape index (κ3) is 3.59. The standard InChI is InChI=1S/C12H24N2Si/c1-6-12(2)11-15(4,5)14-9-7-13(3)8-10-14/h6H,1-2,7-11H2,3-5H3/q-1. The largest absolute Gasteiger partial charge is 0.449 e. The van der Waals surface area contributed by atoms with Crippen molar-refractivity contribution in [3.63, 3.8) is 0 Å². The van der Waals surface area contributed by atoms with E-state index in [1.54, 1.807) is 0 Å². The molecule has 0 bridgehead atoms. The lowest BCUT2D eigenvalue weighted by Gasteiger charge is -2.52. The number of hydrogen-bond donors (Lipinski definition) is 0. The van der Waals surface area contributed by atoms with Crippen LogP contribution in [0.2, 0.25) is 19.1 Å². The second-order valence-electron chi connectivity index (χ2n) is 5.14. The van der Waals surface area contributed by atoms with Crippen LogP contribution in [0.1, 0.15) is 0 Å². The van der Waals surface area contributed by atoms with Crippen molar-refractivity contribution in [3.8, 4) is 0 Å². The van der Waals surface area contributed by atoms with Crippen LogP contribution in [0.25, 0.3) is 0 Å². The molecule has 0 atom stereocenters. The molecule has 0 aliphatic carbocycles. The van der Waals surface area contributed by atoms with Crippen molar-refractivity contribution < 1.29 is 0 Å². The van der Waals surface area contributed by atoms with Gasteiger partial charge in [-0.25, -0.2) is 0 Å². The Morgan fingerprint density at radius 3 is 2.27 bits per heavy atom. The molecule has 0 saturated carbocycles. The summed E-state index contributed by atoms with van der Waals surface area (Å²) >= 11 is 0. The van der Waals surface area contributed by atoms with E-state index in [9.17, 15) is 0 Å². The van der Waals surface area contributed by atoms with Crippen molar-refractivity contribution in [1.29, 1.82) is 0 Å². The maximum atomic E-state index is 4.05. The van der Waals surface area contributed by atoms with Crippen molar-refractivity contribution in [2.24, 2.45) is 0 Å². The van der Waals surface area contributed by atoms with Crippen LogP contribution >= 0.6 is 0 Å². The van der Waals surface area contributed by atoms with Crippen LogP contribution in [0, 0.1) is 0 Å². The molecule has 2 nitrogen and oxygen atoms in total. The summed E-state index contributed by atoms with van der Waals surface area (Å²) in [7, 11) is 0.923. The Balaban J connectivity index is 2.53. The van der Waals surface area contributed by atoms with Gasteiger partial charge in [0.1, 0.15) is 0 Å². The highest BCUT2D eigenvalue weighted by molar-refractivity contribution is 6.75. The lowest BCUT2D eigenvalue weighted by atomic mass is 10.3. The highest BCUT2D eigenvalue weighted by Crippen LogP contribution is 2.21. The third-order valence-electron chi connectivity index (χ3n) is 3.31. The molecule has 3 heteroatoms. The summed E-state index contributed by atoms with van der Waals surface area (Å²) in [6.07, 6.45) is 1.91. The molecule has 87 valence electrons. The first-order chi connectivity index (χ1) is 6.95. The van der Waals surface area contributed by atoms with Crippen LogP contribution in [-0.4, -0.2) is 50.9 Å². The topological polar surface area (TPSA) is 6.48 Å². The van der Waals surface area contributed by atoms with Gasteiger partial charge in [0, 0.05) is 13.1 Å². The zero-order valence-corrected chi connectivity index (χ0v) is 11.4. The molecule has 1 aliphatic rings. The monoisotopic (exact) mass is 224 g/mol. The second-order valence-corrected chi connectivity index (χ2v) is 9.75. The minimum atomic E-state index is -1.28. The van der Waals surface area contributed by atoms with E-state index >= 15 is 0 Å². The number of hydrogen-bond acceptors (Lipinski definition) is 2. The maximum Gasteiger partial charge on any atom is 0.00768 e. The average molecular weight is 224 g/mol. The van der Waals surface area contributed by atoms with Gasteiger partial charge in [-0.3, -0.25) is 0 Å². The zero-order chi connectivity index (χ0) is 11.5. The normalized spacial score (nSPS) is 20.2. The Kier molecular flexibility index (Phi) is 4.31. The summed E-state index contributed by atoms with van der Waals surface area (Å²) in [6, 6.07) is 1.15. The number of nitrogens with zero attached hydrogens (tertiary/aromatic N) is 2. The molecule has 0 radical (unpaired) electrons. The Hall–Kier alpha value is -0.383. The fraction of sp³-hybridized carbons (Fsp3) is 0.667. The Morgan fingerprint density at radius 1 is 1.27 bits per heavy atom. The maximum absolute atomic E-state index is 4.05. The van der Waals surface area contributed by atoms with Crippen molar-refractivity contribution in [1.82, 2.24) is 9.47 Å². The molecule has 0 aromatic heterocycles. The Bertz CT molecular complexity index is 240. The number of allylic oxidation sites excluding steroid dienone is 2. The van der Waals surface area contributed by atoms with E-state index in [0.717, 1.165) is 6.04 Å². The van der Waals surface area contributed by atoms with Crippen molar-refractivity contribution in [2.45, 2.75) is 19.1 Å². The fourth-order valence-electron chi connectivity index (χ4n) is 2.15. The first kappa shape index (κ1) is 12.7. The number of likely N-dealkylation sites (N-methyl/N-ethyl adjacent to an activating group) is 1. The third-order valence-corrected chi connectivity index (χ3v) is 6.79. The molecule has 0 aromatic rings. The van der Waals surface area contributed by atoms with E-state index in [0.29, 0.717) is 0 Å². The first-order valence-corrected chi connectivity index (χ1v) is 8.85. The van der Waals surface area contributed by atoms with Gasteiger partial charge in [0.2, 0.25) is 0 Å². The van der Waals surface area contributed by atoms with Crippen LogP contribution in [0.4, 0.5) is 0 Å². The Labute approximate surface area is 95.3 Å². The van der Waals surface area contributed by atoms with E-state index in [2.05, 4.69) is 42.8 Å². The second kappa shape index (κ2) is 5.10. The fourth-order valence-corrected chi connectivity index (χ4v) is 5.04. The molecule has 0 N–H and O–H groups in total. The van der Waals surface area contributed by atoms with Crippen LogP contribution in [0.3, 0.4) is 0 Å². The molecule has 1 heterocycles. The van der Waals surface area contributed by atoms with Crippen LogP contribution in [0.5, 0.6) is 0 Å². The van der Waals surface area contributed by atoms with Crippen LogP contribution in [-0.2, 0) is 0 Å². The van der Waals surface area contributed by atoms with Gasteiger partial charge < -0.3 is 9.47 Å². The van der Waals surface area contributed by atoms with Crippen LogP contribution < -0.4 is 0 Å². The average Bonchev–Trinajstić information content (AvgIpc) is 2.17. The summed E-state index contributed by atoms with van der Waals surface area (Å²) in [4.78, 5) is 2.41. The molecule has 0 aromatic carbocycles. The molecule has 1 rings (SSSR count). The summed E-state index contributed by atoms with van der Waals surface area (Å²) in [5, 5.41) is 0. The molecule has 0 spiro atoms. The van der Waals surface area contributed by atoms with Gasteiger partial charge in [-0.15, -0.1) is 6.04 Å².